The first-order chi connectivity index (χ1) is 9.77. The van der Waals surface area contributed by atoms with Crippen LogP contribution in [0.2, 0.25) is 0 Å². The summed E-state index contributed by atoms with van der Waals surface area (Å²) in [6, 6.07) is 5.68. The van der Waals surface area contributed by atoms with Crippen LogP contribution in [0.4, 0.5) is 0 Å². The first-order valence-electron chi connectivity index (χ1n) is 6.30. The number of hydrogen-bond donors (Lipinski definition) is 1. The summed E-state index contributed by atoms with van der Waals surface area (Å²) >= 11 is 1.53. The number of sulfone groups is 1. The maximum Gasteiger partial charge on any atom is 0.251 e. The van der Waals surface area contributed by atoms with Crippen molar-refractivity contribution in [3.8, 4) is 0 Å². The topological polar surface area (TPSA) is 76.1 Å². The van der Waals surface area contributed by atoms with Gasteiger partial charge in [-0.25, -0.2) is 13.4 Å². The van der Waals surface area contributed by atoms with Crippen molar-refractivity contribution in [2.24, 2.45) is 0 Å². The number of nitrogens with zero attached hydrogens (tertiary/aromatic N) is 1. The standard InChI is InChI=1S/C14H16N2O3S2/c1-9(13-8-20-10(2)16-13)15-14(17)11-4-6-12(7-5-11)21(3,18)19/h4-9H,1-3H3,(H,15,17). The molecule has 1 aromatic heterocycles. The molecule has 112 valence electrons. The fourth-order valence-electron chi connectivity index (χ4n) is 1.79. The minimum absolute atomic E-state index is 0.197. The van der Waals surface area contributed by atoms with E-state index in [4.69, 9.17) is 0 Å². The lowest BCUT2D eigenvalue weighted by Crippen LogP contribution is -2.26. The number of aromatic nitrogens is 1. The molecule has 0 saturated carbocycles. The molecule has 2 rings (SSSR count). The van der Waals surface area contributed by atoms with Crippen LogP contribution in [0.15, 0.2) is 34.5 Å². The van der Waals surface area contributed by atoms with Gasteiger partial charge in [-0.15, -0.1) is 11.3 Å². The van der Waals surface area contributed by atoms with Crippen molar-refractivity contribution in [3.63, 3.8) is 0 Å². The van der Waals surface area contributed by atoms with Crippen LogP contribution >= 0.6 is 11.3 Å². The van der Waals surface area contributed by atoms with Crippen molar-refractivity contribution in [2.45, 2.75) is 24.8 Å². The van der Waals surface area contributed by atoms with Crippen molar-refractivity contribution < 1.29 is 13.2 Å². The minimum Gasteiger partial charge on any atom is -0.344 e. The van der Waals surface area contributed by atoms with Gasteiger partial charge in [-0.05, 0) is 38.1 Å². The molecule has 1 N–H and O–H groups in total. The van der Waals surface area contributed by atoms with E-state index in [-0.39, 0.29) is 16.8 Å². The van der Waals surface area contributed by atoms with E-state index in [1.165, 1.54) is 35.6 Å². The lowest BCUT2D eigenvalue weighted by Gasteiger charge is -2.11. The summed E-state index contributed by atoms with van der Waals surface area (Å²) in [5.41, 5.74) is 1.24. The number of thiazole rings is 1. The Bertz CT molecular complexity index is 749. The second kappa shape index (κ2) is 5.95. The zero-order valence-corrected chi connectivity index (χ0v) is 13.6. The van der Waals surface area contributed by atoms with Crippen LogP contribution in [0, 0.1) is 6.92 Å². The zero-order valence-electron chi connectivity index (χ0n) is 12.0. The first-order valence-corrected chi connectivity index (χ1v) is 9.07. The highest BCUT2D eigenvalue weighted by atomic mass is 32.2. The highest BCUT2D eigenvalue weighted by Crippen LogP contribution is 2.17. The van der Waals surface area contributed by atoms with E-state index in [9.17, 15) is 13.2 Å². The Morgan fingerprint density at radius 3 is 2.38 bits per heavy atom. The first kappa shape index (κ1) is 15.7. The molecule has 0 spiro atoms. The predicted molar refractivity (Wildman–Crippen MR) is 82.3 cm³/mol. The molecule has 0 fully saturated rings. The number of benzene rings is 1. The zero-order chi connectivity index (χ0) is 15.6. The monoisotopic (exact) mass is 324 g/mol. The normalized spacial score (nSPS) is 12.9. The number of hydrogen-bond acceptors (Lipinski definition) is 5. The molecular formula is C14H16N2O3S2. The Kier molecular flexibility index (Phi) is 4.43. The number of nitrogens with one attached hydrogen (secondary N) is 1. The van der Waals surface area contributed by atoms with Gasteiger partial charge in [0.15, 0.2) is 9.84 Å². The maximum atomic E-state index is 12.1. The highest BCUT2D eigenvalue weighted by Gasteiger charge is 2.14. The third-order valence-electron chi connectivity index (χ3n) is 2.97. The molecule has 0 aliphatic rings. The smallest absolute Gasteiger partial charge is 0.251 e. The average Bonchev–Trinajstić information content (AvgIpc) is 2.84. The molecule has 21 heavy (non-hydrogen) atoms. The number of carbonyl (C=O) groups is 1. The highest BCUT2D eigenvalue weighted by molar-refractivity contribution is 7.90. The minimum atomic E-state index is -3.25. The molecule has 5 nitrogen and oxygen atoms in total. The molecule has 0 saturated heterocycles. The SMILES string of the molecule is Cc1nc(C(C)NC(=O)c2ccc(S(C)(=O)=O)cc2)cs1. The van der Waals surface area contributed by atoms with Crippen LogP contribution in [-0.4, -0.2) is 25.6 Å². The van der Waals surface area contributed by atoms with E-state index in [1.54, 1.807) is 0 Å². The molecule has 2 aromatic rings. The van der Waals surface area contributed by atoms with Crippen molar-refractivity contribution in [1.29, 1.82) is 0 Å². The fourth-order valence-corrected chi connectivity index (χ4v) is 3.12. The molecule has 0 aliphatic carbocycles. The van der Waals surface area contributed by atoms with E-state index in [2.05, 4.69) is 10.3 Å². The Hall–Kier alpha value is -1.73. The van der Waals surface area contributed by atoms with Crippen LogP contribution in [0.25, 0.3) is 0 Å². The van der Waals surface area contributed by atoms with Gasteiger partial charge in [-0.1, -0.05) is 0 Å². The summed E-state index contributed by atoms with van der Waals surface area (Å²) in [6.45, 7) is 3.77. The molecule has 1 amide bonds. The molecule has 1 heterocycles. The van der Waals surface area contributed by atoms with E-state index in [0.29, 0.717) is 5.56 Å². The Balaban J connectivity index is 2.10. The van der Waals surface area contributed by atoms with Crippen molar-refractivity contribution in [1.82, 2.24) is 10.3 Å². The van der Waals surface area contributed by atoms with Crippen molar-refractivity contribution in [3.05, 3.63) is 45.9 Å². The molecule has 7 heteroatoms. The third-order valence-corrected chi connectivity index (χ3v) is 4.89. The third kappa shape index (κ3) is 3.89. The number of amides is 1. The van der Waals surface area contributed by atoms with Gasteiger partial charge in [0, 0.05) is 17.2 Å². The molecule has 0 bridgehead atoms. The predicted octanol–water partition coefficient (Wildman–Crippen LogP) is 2.35. The summed E-state index contributed by atoms with van der Waals surface area (Å²) in [5.74, 6) is -0.256. The summed E-state index contributed by atoms with van der Waals surface area (Å²) in [6.07, 6.45) is 1.13. The van der Waals surface area contributed by atoms with Gasteiger partial charge in [0.1, 0.15) is 0 Å². The second-order valence-electron chi connectivity index (χ2n) is 4.78. The van der Waals surface area contributed by atoms with E-state index in [0.717, 1.165) is 17.0 Å². The average molecular weight is 324 g/mol. The molecule has 1 aromatic carbocycles. The molecular weight excluding hydrogens is 308 g/mol. The van der Waals surface area contributed by atoms with Gasteiger partial charge in [0.05, 0.1) is 21.6 Å². The summed E-state index contributed by atoms with van der Waals surface area (Å²) < 4.78 is 22.7. The number of rotatable bonds is 4. The van der Waals surface area contributed by atoms with E-state index < -0.39 is 9.84 Å². The lowest BCUT2D eigenvalue weighted by molar-refractivity contribution is 0.0939. The molecule has 0 aliphatic heterocycles. The lowest BCUT2D eigenvalue weighted by atomic mass is 10.2. The van der Waals surface area contributed by atoms with Crippen LogP contribution in [-0.2, 0) is 9.84 Å². The van der Waals surface area contributed by atoms with Gasteiger partial charge < -0.3 is 5.32 Å². The Morgan fingerprint density at radius 1 is 1.29 bits per heavy atom. The number of aryl methyl sites for hydroxylation is 1. The van der Waals surface area contributed by atoms with Crippen LogP contribution in [0.1, 0.15) is 34.0 Å². The summed E-state index contributed by atoms with van der Waals surface area (Å²) in [7, 11) is -3.25. The van der Waals surface area contributed by atoms with Gasteiger partial charge in [0.2, 0.25) is 0 Å². The van der Waals surface area contributed by atoms with Gasteiger partial charge in [-0.3, -0.25) is 4.79 Å². The molecule has 1 unspecified atom stereocenters. The van der Waals surface area contributed by atoms with Crippen molar-refractivity contribution in [2.75, 3.05) is 6.26 Å². The van der Waals surface area contributed by atoms with E-state index in [1.807, 2.05) is 19.2 Å². The summed E-state index contributed by atoms with van der Waals surface area (Å²) in [4.78, 5) is 16.6. The second-order valence-corrected chi connectivity index (χ2v) is 7.86. The van der Waals surface area contributed by atoms with Gasteiger partial charge in [-0.2, -0.15) is 0 Å². The molecule has 1 atom stereocenters. The van der Waals surface area contributed by atoms with Crippen LogP contribution in [0.5, 0.6) is 0 Å². The fraction of sp³-hybridized carbons (Fsp3) is 0.286. The quantitative estimate of drug-likeness (QED) is 0.936. The van der Waals surface area contributed by atoms with Crippen LogP contribution < -0.4 is 5.32 Å². The Morgan fingerprint density at radius 2 is 1.90 bits per heavy atom. The summed E-state index contributed by atoms with van der Waals surface area (Å²) in [5, 5.41) is 5.70. The van der Waals surface area contributed by atoms with Crippen molar-refractivity contribution >= 4 is 27.1 Å². The molecule has 0 radical (unpaired) electrons. The van der Waals surface area contributed by atoms with Gasteiger partial charge >= 0.3 is 0 Å². The van der Waals surface area contributed by atoms with Crippen LogP contribution in [0.3, 0.4) is 0 Å². The maximum absolute atomic E-state index is 12.1. The largest absolute Gasteiger partial charge is 0.344 e. The Labute approximate surface area is 128 Å². The van der Waals surface area contributed by atoms with Gasteiger partial charge in [0.25, 0.3) is 5.91 Å². The van der Waals surface area contributed by atoms with E-state index >= 15 is 0 Å². The number of carbonyl (C=O) groups excluding carboxylic acids is 1.